The smallest absolute Gasteiger partial charge is 0.191 e. The molecule has 2 heterocycles. The van der Waals surface area contributed by atoms with Gasteiger partial charge >= 0.3 is 0 Å². The van der Waals surface area contributed by atoms with Gasteiger partial charge < -0.3 is 15.4 Å². The van der Waals surface area contributed by atoms with E-state index in [0.717, 1.165) is 51.0 Å². The third-order valence-electron chi connectivity index (χ3n) is 5.86. The lowest BCUT2D eigenvalue weighted by molar-refractivity contribution is -0.0352. The number of guanidine groups is 1. The van der Waals surface area contributed by atoms with Crippen LogP contribution in [0.2, 0.25) is 0 Å². The average Bonchev–Trinajstić information content (AvgIpc) is 3.21. The molecule has 1 aliphatic carbocycles. The number of nitrogens with one attached hydrogen (secondary N) is 2. The minimum absolute atomic E-state index is 0. The van der Waals surface area contributed by atoms with Crippen LogP contribution in [0.3, 0.4) is 0 Å². The number of morpholine rings is 1. The summed E-state index contributed by atoms with van der Waals surface area (Å²) >= 11 is 1.74. The van der Waals surface area contributed by atoms with Crippen molar-refractivity contribution in [2.24, 2.45) is 4.99 Å². The molecule has 0 bridgehead atoms. The van der Waals surface area contributed by atoms with Gasteiger partial charge in [-0.25, -0.2) is 9.98 Å². The zero-order valence-electron chi connectivity index (χ0n) is 18.2. The quantitative estimate of drug-likeness (QED) is 0.314. The Balaban J connectivity index is 0.00000300. The number of halogens is 1. The van der Waals surface area contributed by atoms with Crippen molar-refractivity contribution in [3.8, 4) is 0 Å². The fourth-order valence-corrected chi connectivity index (χ4v) is 5.09. The summed E-state index contributed by atoms with van der Waals surface area (Å²) in [5, 5.41) is 10.4. The van der Waals surface area contributed by atoms with E-state index in [2.05, 4.69) is 41.7 Å². The Morgan fingerprint density at radius 2 is 1.97 bits per heavy atom. The first kappa shape index (κ1) is 24.8. The van der Waals surface area contributed by atoms with Crippen LogP contribution in [0.1, 0.15) is 69.5 Å². The number of hydrogen-bond donors (Lipinski definition) is 2. The predicted octanol–water partition coefficient (Wildman–Crippen LogP) is 3.97. The zero-order valence-corrected chi connectivity index (χ0v) is 21.4. The molecule has 6 nitrogen and oxygen atoms in total. The van der Waals surface area contributed by atoms with Gasteiger partial charge in [-0.3, -0.25) is 4.90 Å². The molecule has 1 saturated carbocycles. The van der Waals surface area contributed by atoms with Gasteiger partial charge in [-0.1, -0.05) is 33.1 Å². The number of aliphatic imine (C=N–C) groups is 1. The molecule has 1 aromatic rings. The van der Waals surface area contributed by atoms with Crippen LogP contribution in [-0.2, 0) is 11.3 Å². The standard InChI is InChI=1S/C21H37N5OS.HI/c1-4-22-20(23-14-18-15-28-19(25-18)17(2)3)24-16-21(8-6-5-7-9-21)26-10-12-27-13-11-26;/h15,17H,4-14,16H2,1-3H3,(H2,22,23,24);1H. The second-order valence-electron chi connectivity index (χ2n) is 8.26. The van der Waals surface area contributed by atoms with Gasteiger partial charge in [0.25, 0.3) is 0 Å². The second kappa shape index (κ2) is 12.4. The van der Waals surface area contributed by atoms with Crippen molar-refractivity contribution < 1.29 is 4.74 Å². The van der Waals surface area contributed by atoms with Crippen molar-refractivity contribution in [2.45, 2.75) is 70.9 Å². The molecule has 1 aromatic heterocycles. The lowest BCUT2D eigenvalue weighted by atomic mass is 9.80. The van der Waals surface area contributed by atoms with Crippen molar-refractivity contribution in [1.29, 1.82) is 0 Å². The fourth-order valence-electron chi connectivity index (χ4n) is 4.26. The Morgan fingerprint density at radius 1 is 1.24 bits per heavy atom. The SMILES string of the molecule is CCNC(=NCc1csc(C(C)C)n1)NCC1(N2CCOCC2)CCCCC1.I. The van der Waals surface area contributed by atoms with Crippen LogP contribution in [0.25, 0.3) is 0 Å². The Morgan fingerprint density at radius 3 is 2.59 bits per heavy atom. The molecule has 166 valence electrons. The summed E-state index contributed by atoms with van der Waals surface area (Å²) in [6, 6.07) is 0. The lowest BCUT2D eigenvalue weighted by Crippen LogP contribution is -2.60. The number of ether oxygens (including phenoxy) is 1. The van der Waals surface area contributed by atoms with Crippen LogP contribution in [0.4, 0.5) is 0 Å². The molecule has 8 heteroatoms. The van der Waals surface area contributed by atoms with Gasteiger partial charge in [0, 0.05) is 43.0 Å². The van der Waals surface area contributed by atoms with E-state index in [-0.39, 0.29) is 29.5 Å². The predicted molar refractivity (Wildman–Crippen MR) is 133 cm³/mol. The molecular weight excluding hydrogens is 497 g/mol. The number of aromatic nitrogens is 1. The van der Waals surface area contributed by atoms with Crippen LogP contribution >= 0.6 is 35.3 Å². The number of thiazole rings is 1. The molecule has 0 radical (unpaired) electrons. The number of nitrogens with zero attached hydrogens (tertiary/aromatic N) is 3. The van der Waals surface area contributed by atoms with E-state index in [1.54, 1.807) is 11.3 Å². The minimum atomic E-state index is 0. The highest BCUT2D eigenvalue weighted by molar-refractivity contribution is 14.0. The summed E-state index contributed by atoms with van der Waals surface area (Å²) in [6.45, 7) is 12.8. The van der Waals surface area contributed by atoms with Crippen LogP contribution in [0.15, 0.2) is 10.4 Å². The van der Waals surface area contributed by atoms with Gasteiger partial charge in [0.1, 0.15) is 0 Å². The molecule has 0 unspecified atom stereocenters. The number of rotatable bonds is 7. The van der Waals surface area contributed by atoms with Crippen molar-refractivity contribution in [3.63, 3.8) is 0 Å². The molecule has 2 N–H and O–H groups in total. The maximum Gasteiger partial charge on any atom is 0.191 e. The summed E-state index contributed by atoms with van der Waals surface area (Å²) in [7, 11) is 0. The summed E-state index contributed by atoms with van der Waals surface area (Å²) in [4.78, 5) is 12.2. The molecule has 2 fully saturated rings. The molecular formula is C21H38IN5OS. The first-order chi connectivity index (χ1) is 13.6. The van der Waals surface area contributed by atoms with Gasteiger partial charge in [-0.2, -0.15) is 0 Å². The molecule has 1 aliphatic heterocycles. The highest BCUT2D eigenvalue weighted by atomic mass is 127. The summed E-state index contributed by atoms with van der Waals surface area (Å²) in [6.07, 6.45) is 6.54. The largest absolute Gasteiger partial charge is 0.379 e. The summed E-state index contributed by atoms with van der Waals surface area (Å²) in [5.74, 6) is 1.38. The van der Waals surface area contributed by atoms with Crippen molar-refractivity contribution in [1.82, 2.24) is 20.5 Å². The normalized spacial score (nSPS) is 20.3. The van der Waals surface area contributed by atoms with E-state index < -0.39 is 0 Å². The average molecular weight is 536 g/mol. The first-order valence-electron chi connectivity index (χ1n) is 10.9. The van der Waals surface area contributed by atoms with E-state index in [9.17, 15) is 0 Å². The third kappa shape index (κ3) is 7.04. The summed E-state index contributed by atoms with van der Waals surface area (Å²) < 4.78 is 5.60. The molecule has 29 heavy (non-hydrogen) atoms. The van der Waals surface area contributed by atoms with Gasteiger partial charge in [-0.15, -0.1) is 35.3 Å². The Bertz CT molecular complexity index is 624. The second-order valence-corrected chi connectivity index (χ2v) is 9.15. The van der Waals surface area contributed by atoms with Crippen molar-refractivity contribution in [2.75, 3.05) is 39.4 Å². The molecule has 3 rings (SSSR count). The summed E-state index contributed by atoms with van der Waals surface area (Å²) in [5.41, 5.74) is 1.30. The van der Waals surface area contributed by atoms with Crippen molar-refractivity contribution >= 4 is 41.3 Å². The fraction of sp³-hybridized carbons (Fsp3) is 0.810. The molecule has 0 aromatic carbocycles. The topological polar surface area (TPSA) is 61.8 Å². The first-order valence-corrected chi connectivity index (χ1v) is 11.8. The van der Waals surface area contributed by atoms with Gasteiger partial charge in [0.05, 0.1) is 30.5 Å². The Kier molecular flexibility index (Phi) is 10.6. The molecule has 1 saturated heterocycles. The molecule has 0 spiro atoms. The highest BCUT2D eigenvalue weighted by Gasteiger charge is 2.38. The Hall–Kier alpha value is -0.450. The maximum absolute atomic E-state index is 5.60. The monoisotopic (exact) mass is 535 g/mol. The van der Waals surface area contributed by atoms with E-state index >= 15 is 0 Å². The van der Waals surface area contributed by atoms with Gasteiger partial charge in [0.2, 0.25) is 0 Å². The minimum Gasteiger partial charge on any atom is -0.379 e. The van der Waals surface area contributed by atoms with E-state index in [0.29, 0.717) is 12.5 Å². The van der Waals surface area contributed by atoms with Gasteiger partial charge in [-0.05, 0) is 19.8 Å². The van der Waals surface area contributed by atoms with Crippen molar-refractivity contribution in [3.05, 3.63) is 16.1 Å². The van der Waals surface area contributed by atoms with Crippen LogP contribution in [0.5, 0.6) is 0 Å². The zero-order chi connectivity index (χ0) is 19.8. The van der Waals surface area contributed by atoms with Crippen LogP contribution in [0, 0.1) is 0 Å². The maximum atomic E-state index is 5.60. The van der Waals surface area contributed by atoms with Crippen LogP contribution in [-0.4, -0.2) is 60.8 Å². The molecule has 0 amide bonds. The van der Waals surface area contributed by atoms with E-state index in [4.69, 9.17) is 14.7 Å². The lowest BCUT2D eigenvalue weighted by Gasteiger charge is -2.48. The highest BCUT2D eigenvalue weighted by Crippen LogP contribution is 2.33. The third-order valence-corrected chi connectivity index (χ3v) is 7.05. The van der Waals surface area contributed by atoms with Gasteiger partial charge in [0.15, 0.2) is 5.96 Å². The molecule has 0 atom stereocenters. The van der Waals surface area contributed by atoms with E-state index in [1.165, 1.54) is 37.1 Å². The van der Waals surface area contributed by atoms with E-state index in [1.807, 2.05) is 0 Å². The number of hydrogen-bond acceptors (Lipinski definition) is 5. The molecule has 2 aliphatic rings. The Labute approximate surface area is 197 Å². The van der Waals surface area contributed by atoms with Crippen LogP contribution < -0.4 is 10.6 Å².